The number of halogens is 4. The number of hydrogen-bond acceptors (Lipinski definition) is 3. The molecule has 0 spiro atoms. The van der Waals surface area contributed by atoms with Crippen LogP contribution in [0.3, 0.4) is 0 Å². The van der Waals surface area contributed by atoms with Gasteiger partial charge >= 0.3 is 6.18 Å². The molecule has 0 N–H and O–H groups in total. The van der Waals surface area contributed by atoms with Crippen molar-refractivity contribution < 1.29 is 17.9 Å². The van der Waals surface area contributed by atoms with Gasteiger partial charge in [0.15, 0.2) is 0 Å². The average Bonchev–Trinajstić information content (AvgIpc) is 2.25. The van der Waals surface area contributed by atoms with Gasteiger partial charge in [0, 0.05) is 13.1 Å². The summed E-state index contributed by atoms with van der Waals surface area (Å²) in [5, 5.41) is -0.156. The number of rotatable bonds is 1. The normalized spacial score (nSPS) is 24.6. The fraction of sp³-hybridized carbons (Fsp3) is 0.583. The molecule has 1 aliphatic heterocycles. The first-order chi connectivity index (χ1) is 8.75. The Kier molecular flexibility index (Phi) is 3.92. The molecule has 7 heteroatoms. The predicted molar refractivity (Wildman–Crippen MR) is 66.5 cm³/mol. The molecular weight excluding hydrogens is 281 g/mol. The summed E-state index contributed by atoms with van der Waals surface area (Å²) >= 11 is 5.68. The van der Waals surface area contributed by atoms with E-state index >= 15 is 0 Å². The zero-order valence-corrected chi connectivity index (χ0v) is 11.3. The number of aromatic nitrogens is 1. The van der Waals surface area contributed by atoms with Crippen LogP contribution in [0.4, 0.5) is 19.0 Å². The second-order valence-corrected chi connectivity index (χ2v) is 5.08. The van der Waals surface area contributed by atoms with Crippen LogP contribution >= 0.6 is 11.6 Å². The smallest absolute Gasteiger partial charge is 0.372 e. The Bertz CT molecular complexity index is 457. The molecule has 2 atom stereocenters. The minimum atomic E-state index is -4.43. The fourth-order valence-corrected chi connectivity index (χ4v) is 2.38. The van der Waals surface area contributed by atoms with Gasteiger partial charge in [-0.05, 0) is 26.0 Å². The molecule has 0 saturated carbocycles. The molecule has 2 unspecified atom stereocenters. The lowest BCUT2D eigenvalue weighted by atomic mass is 10.2. The van der Waals surface area contributed by atoms with E-state index in [1.54, 1.807) is 4.90 Å². The van der Waals surface area contributed by atoms with Crippen LogP contribution in [0.15, 0.2) is 12.1 Å². The van der Waals surface area contributed by atoms with Gasteiger partial charge in [-0.2, -0.15) is 13.2 Å². The highest BCUT2D eigenvalue weighted by Gasteiger charge is 2.33. The summed E-state index contributed by atoms with van der Waals surface area (Å²) in [7, 11) is 0. The molecule has 2 heterocycles. The third-order valence-electron chi connectivity index (χ3n) is 2.85. The monoisotopic (exact) mass is 294 g/mol. The molecule has 1 fully saturated rings. The van der Waals surface area contributed by atoms with Crippen LogP contribution in [0, 0.1) is 0 Å². The van der Waals surface area contributed by atoms with Crippen LogP contribution in [0.5, 0.6) is 0 Å². The molecule has 0 aliphatic carbocycles. The molecule has 19 heavy (non-hydrogen) atoms. The molecule has 1 aromatic heterocycles. The van der Waals surface area contributed by atoms with Crippen molar-refractivity contribution in [3.63, 3.8) is 0 Å². The SMILES string of the molecule is CC1CN(c2cc(C(F)(F)F)cc(Cl)n2)CC(C)O1. The van der Waals surface area contributed by atoms with Gasteiger partial charge in [-0.15, -0.1) is 0 Å². The van der Waals surface area contributed by atoms with Gasteiger partial charge in [-0.25, -0.2) is 4.98 Å². The Labute approximate surface area is 114 Å². The number of alkyl halides is 3. The summed E-state index contributed by atoms with van der Waals surface area (Å²) in [6.07, 6.45) is -4.54. The second-order valence-electron chi connectivity index (χ2n) is 4.70. The van der Waals surface area contributed by atoms with Gasteiger partial charge in [-0.1, -0.05) is 11.6 Å². The summed E-state index contributed by atoms with van der Waals surface area (Å²) in [6.45, 7) is 4.74. The lowest BCUT2D eigenvalue weighted by Crippen LogP contribution is -2.45. The topological polar surface area (TPSA) is 25.4 Å². The Morgan fingerprint density at radius 2 is 1.84 bits per heavy atom. The Hall–Kier alpha value is -1.01. The zero-order chi connectivity index (χ0) is 14.2. The Balaban J connectivity index is 2.31. The van der Waals surface area contributed by atoms with Crippen molar-refractivity contribution in [2.45, 2.75) is 32.2 Å². The van der Waals surface area contributed by atoms with Crippen molar-refractivity contribution in [3.05, 3.63) is 22.8 Å². The molecule has 0 aromatic carbocycles. The molecule has 0 bridgehead atoms. The van der Waals surface area contributed by atoms with Gasteiger partial charge in [0.2, 0.25) is 0 Å². The minimum absolute atomic E-state index is 0.0566. The Morgan fingerprint density at radius 3 is 2.37 bits per heavy atom. The van der Waals surface area contributed by atoms with Crippen molar-refractivity contribution in [2.24, 2.45) is 0 Å². The second kappa shape index (κ2) is 5.17. The number of pyridine rings is 1. The number of hydrogen-bond donors (Lipinski definition) is 0. The molecular formula is C12H14ClF3N2O. The van der Waals surface area contributed by atoms with E-state index in [0.29, 0.717) is 13.1 Å². The van der Waals surface area contributed by atoms with Gasteiger partial charge < -0.3 is 9.64 Å². The van der Waals surface area contributed by atoms with Crippen molar-refractivity contribution in [1.82, 2.24) is 4.98 Å². The van der Waals surface area contributed by atoms with Crippen LogP contribution in [-0.2, 0) is 10.9 Å². The molecule has 0 amide bonds. The van der Waals surface area contributed by atoms with E-state index in [1.165, 1.54) is 0 Å². The van der Waals surface area contributed by atoms with E-state index < -0.39 is 11.7 Å². The highest BCUT2D eigenvalue weighted by molar-refractivity contribution is 6.29. The first-order valence-electron chi connectivity index (χ1n) is 5.91. The van der Waals surface area contributed by atoms with Crippen LogP contribution in [0.2, 0.25) is 5.15 Å². The van der Waals surface area contributed by atoms with Gasteiger partial charge in [0.1, 0.15) is 11.0 Å². The maximum Gasteiger partial charge on any atom is 0.416 e. The first kappa shape index (κ1) is 14.4. The molecule has 1 aliphatic rings. The number of anilines is 1. The summed E-state index contributed by atoms with van der Waals surface area (Å²) in [5.74, 6) is 0.238. The maximum atomic E-state index is 12.7. The highest BCUT2D eigenvalue weighted by Crippen LogP contribution is 2.33. The largest absolute Gasteiger partial charge is 0.416 e. The third-order valence-corrected chi connectivity index (χ3v) is 3.05. The average molecular weight is 295 g/mol. The molecule has 1 saturated heterocycles. The molecule has 1 aromatic rings. The van der Waals surface area contributed by atoms with E-state index in [4.69, 9.17) is 16.3 Å². The fourth-order valence-electron chi connectivity index (χ4n) is 2.17. The summed E-state index contributed by atoms with van der Waals surface area (Å²) in [4.78, 5) is 5.74. The molecule has 0 radical (unpaired) electrons. The first-order valence-corrected chi connectivity index (χ1v) is 6.28. The van der Waals surface area contributed by atoms with Gasteiger partial charge in [0.25, 0.3) is 0 Å². The van der Waals surface area contributed by atoms with E-state index in [1.807, 2.05) is 13.8 Å². The van der Waals surface area contributed by atoms with Gasteiger partial charge in [-0.3, -0.25) is 0 Å². The van der Waals surface area contributed by atoms with Crippen LogP contribution in [-0.4, -0.2) is 30.3 Å². The van der Waals surface area contributed by atoms with E-state index in [9.17, 15) is 13.2 Å². The summed E-state index contributed by atoms with van der Waals surface area (Å²) in [6, 6.07) is 1.86. The quantitative estimate of drug-likeness (QED) is 0.743. The van der Waals surface area contributed by atoms with Crippen LogP contribution in [0.25, 0.3) is 0 Å². The number of nitrogens with zero attached hydrogens (tertiary/aromatic N) is 2. The predicted octanol–water partition coefficient (Wildman–Crippen LogP) is 3.37. The number of ether oxygens (including phenoxy) is 1. The summed E-state index contributed by atoms with van der Waals surface area (Å²) in [5.41, 5.74) is -0.783. The lowest BCUT2D eigenvalue weighted by Gasteiger charge is -2.36. The standard InChI is InChI=1S/C12H14ClF3N2O/c1-7-5-18(6-8(2)19-7)11-4-9(12(14,15)16)3-10(13)17-11/h3-4,7-8H,5-6H2,1-2H3. The minimum Gasteiger partial charge on any atom is -0.372 e. The van der Waals surface area contributed by atoms with Crippen molar-refractivity contribution in [1.29, 1.82) is 0 Å². The Morgan fingerprint density at radius 1 is 1.26 bits per heavy atom. The van der Waals surface area contributed by atoms with Crippen molar-refractivity contribution in [2.75, 3.05) is 18.0 Å². The number of morpholine rings is 1. The van der Waals surface area contributed by atoms with E-state index in [2.05, 4.69) is 4.98 Å². The van der Waals surface area contributed by atoms with E-state index in [-0.39, 0.29) is 23.2 Å². The highest BCUT2D eigenvalue weighted by atomic mass is 35.5. The molecule has 106 valence electrons. The van der Waals surface area contributed by atoms with Crippen molar-refractivity contribution >= 4 is 17.4 Å². The lowest BCUT2D eigenvalue weighted by molar-refractivity contribution is -0.137. The third kappa shape index (κ3) is 3.51. The van der Waals surface area contributed by atoms with E-state index in [0.717, 1.165) is 12.1 Å². The van der Waals surface area contributed by atoms with Gasteiger partial charge in [0.05, 0.1) is 17.8 Å². The molecule has 2 rings (SSSR count). The van der Waals surface area contributed by atoms with Crippen LogP contribution < -0.4 is 4.90 Å². The zero-order valence-electron chi connectivity index (χ0n) is 10.5. The van der Waals surface area contributed by atoms with Crippen molar-refractivity contribution in [3.8, 4) is 0 Å². The maximum absolute atomic E-state index is 12.7. The summed E-state index contributed by atoms with van der Waals surface area (Å²) < 4.78 is 43.8. The van der Waals surface area contributed by atoms with Crippen LogP contribution in [0.1, 0.15) is 19.4 Å². The molecule has 3 nitrogen and oxygen atoms in total.